The maximum atomic E-state index is 11.3. The molecule has 7 heteroatoms. The SMILES string of the molecule is CC(C)(C)O[C@@](NC=O)(c1ccc(I)cc1)[C@@H](O)C(=O)O. The molecule has 3 N–H and O–H groups in total. The number of ether oxygens (including phenoxy) is 1. The maximum Gasteiger partial charge on any atom is 0.338 e. The first kappa shape index (κ1) is 17.9. The van der Waals surface area contributed by atoms with E-state index >= 15 is 0 Å². The minimum absolute atomic E-state index is 0.315. The van der Waals surface area contributed by atoms with Gasteiger partial charge in [0.1, 0.15) is 0 Å². The van der Waals surface area contributed by atoms with Gasteiger partial charge in [0.25, 0.3) is 0 Å². The molecule has 0 aliphatic heterocycles. The minimum Gasteiger partial charge on any atom is -0.479 e. The minimum atomic E-state index is -1.96. The second-order valence-corrected chi connectivity index (χ2v) is 6.71. The highest BCUT2D eigenvalue weighted by atomic mass is 127. The fraction of sp³-hybridized carbons (Fsp3) is 0.429. The summed E-state index contributed by atoms with van der Waals surface area (Å²) in [5, 5.41) is 21.6. The number of carbonyl (C=O) groups is 2. The molecule has 0 unspecified atom stereocenters. The van der Waals surface area contributed by atoms with E-state index in [2.05, 4.69) is 27.9 Å². The average Bonchev–Trinajstić information content (AvgIpc) is 2.36. The fourth-order valence-electron chi connectivity index (χ4n) is 1.91. The smallest absolute Gasteiger partial charge is 0.338 e. The standard InChI is InChI=1S/C14H18INO5/c1-13(2,3)21-14(16-8-17,11(18)12(19)20)9-4-6-10(15)7-5-9/h4-8,11,18H,1-3H3,(H,16,17)(H,19,20)/t11-,14-/m0/s1. The van der Waals surface area contributed by atoms with Gasteiger partial charge in [-0.2, -0.15) is 0 Å². The molecule has 0 saturated heterocycles. The molecule has 2 atom stereocenters. The summed E-state index contributed by atoms with van der Waals surface area (Å²) in [5.41, 5.74) is -2.31. The fourth-order valence-corrected chi connectivity index (χ4v) is 2.27. The molecule has 1 aromatic rings. The molecule has 0 radical (unpaired) electrons. The Morgan fingerprint density at radius 1 is 1.33 bits per heavy atom. The summed E-state index contributed by atoms with van der Waals surface area (Å²) in [5.74, 6) is -1.49. The van der Waals surface area contributed by atoms with E-state index < -0.39 is 23.4 Å². The first-order chi connectivity index (χ1) is 9.62. The lowest BCUT2D eigenvalue weighted by Gasteiger charge is -2.40. The summed E-state index contributed by atoms with van der Waals surface area (Å²) in [6, 6.07) is 6.68. The molecule has 6 nitrogen and oxygen atoms in total. The van der Waals surface area contributed by atoms with Gasteiger partial charge in [0, 0.05) is 9.13 Å². The van der Waals surface area contributed by atoms with Crippen LogP contribution in [0.2, 0.25) is 0 Å². The molecule has 0 spiro atoms. The molecule has 0 fully saturated rings. The van der Waals surface area contributed by atoms with Crippen LogP contribution in [0.3, 0.4) is 0 Å². The highest BCUT2D eigenvalue weighted by Gasteiger charge is 2.47. The van der Waals surface area contributed by atoms with Crippen molar-refractivity contribution in [2.24, 2.45) is 0 Å². The Bertz CT molecular complexity index is 511. The van der Waals surface area contributed by atoms with Crippen LogP contribution in [0, 0.1) is 3.57 Å². The van der Waals surface area contributed by atoms with Crippen molar-refractivity contribution in [1.29, 1.82) is 0 Å². The van der Waals surface area contributed by atoms with Gasteiger partial charge < -0.3 is 20.3 Å². The first-order valence-corrected chi connectivity index (χ1v) is 7.29. The molecule has 0 heterocycles. The van der Waals surface area contributed by atoms with E-state index in [1.165, 1.54) is 0 Å². The van der Waals surface area contributed by atoms with Gasteiger partial charge in [-0.1, -0.05) is 12.1 Å². The topological polar surface area (TPSA) is 95.9 Å². The van der Waals surface area contributed by atoms with E-state index in [-0.39, 0.29) is 0 Å². The van der Waals surface area contributed by atoms with Crippen LogP contribution in [0.15, 0.2) is 24.3 Å². The molecular formula is C14H18INO5. The number of rotatable bonds is 6. The monoisotopic (exact) mass is 407 g/mol. The van der Waals surface area contributed by atoms with Crippen molar-refractivity contribution in [3.8, 4) is 0 Å². The van der Waals surface area contributed by atoms with Crippen LogP contribution >= 0.6 is 22.6 Å². The predicted octanol–water partition coefficient (Wildman–Crippen LogP) is 1.45. The zero-order chi connectivity index (χ0) is 16.3. The number of hydrogen-bond acceptors (Lipinski definition) is 4. The third-order valence-corrected chi connectivity index (χ3v) is 3.35. The molecule has 0 aliphatic carbocycles. The Hall–Kier alpha value is -1.19. The lowest BCUT2D eigenvalue weighted by atomic mass is 9.95. The van der Waals surface area contributed by atoms with Gasteiger partial charge in [-0.3, -0.25) is 4.79 Å². The average molecular weight is 407 g/mol. The molecule has 116 valence electrons. The van der Waals surface area contributed by atoms with Crippen molar-refractivity contribution < 1.29 is 24.5 Å². The van der Waals surface area contributed by atoms with Crippen molar-refractivity contribution in [3.05, 3.63) is 33.4 Å². The normalized spacial score (nSPS) is 15.9. The first-order valence-electron chi connectivity index (χ1n) is 6.21. The summed E-state index contributed by atoms with van der Waals surface area (Å²) < 4.78 is 6.67. The van der Waals surface area contributed by atoms with Gasteiger partial charge in [-0.25, -0.2) is 4.79 Å². The summed E-state index contributed by atoms with van der Waals surface area (Å²) in [4.78, 5) is 22.2. The van der Waals surface area contributed by atoms with E-state index in [1.807, 2.05) is 0 Å². The number of halogens is 1. The molecule has 0 saturated carbocycles. The number of aliphatic hydroxyl groups is 1. The van der Waals surface area contributed by atoms with Crippen LogP contribution in [-0.4, -0.2) is 34.3 Å². The van der Waals surface area contributed by atoms with E-state index in [9.17, 15) is 14.7 Å². The van der Waals surface area contributed by atoms with Crippen molar-refractivity contribution >= 4 is 35.0 Å². The highest BCUT2D eigenvalue weighted by molar-refractivity contribution is 14.1. The zero-order valence-corrected chi connectivity index (χ0v) is 14.1. The Morgan fingerprint density at radius 3 is 2.24 bits per heavy atom. The van der Waals surface area contributed by atoms with E-state index in [4.69, 9.17) is 9.84 Å². The summed E-state index contributed by atoms with van der Waals surface area (Å²) >= 11 is 2.10. The molecule has 0 aliphatic rings. The third-order valence-electron chi connectivity index (χ3n) is 2.63. The van der Waals surface area contributed by atoms with Crippen LogP contribution in [-0.2, 0) is 20.1 Å². The van der Waals surface area contributed by atoms with Crippen molar-refractivity contribution in [1.82, 2.24) is 5.32 Å². The van der Waals surface area contributed by atoms with Gasteiger partial charge in [-0.15, -0.1) is 0 Å². The maximum absolute atomic E-state index is 11.3. The van der Waals surface area contributed by atoms with Crippen molar-refractivity contribution in [3.63, 3.8) is 0 Å². The number of aliphatic hydroxyl groups excluding tert-OH is 1. The number of hydrogen-bond donors (Lipinski definition) is 3. The number of carboxylic acids is 1. The Morgan fingerprint density at radius 2 is 1.86 bits per heavy atom. The molecule has 1 amide bonds. The molecule has 0 bridgehead atoms. The lowest BCUT2D eigenvalue weighted by molar-refractivity contribution is -0.214. The van der Waals surface area contributed by atoms with Gasteiger partial charge in [-0.05, 0) is 55.5 Å². The van der Waals surface area contributed by atoms with Gasteiger partial charge >= 0.3 is 5.97 Å². The number of benzene rings is 1. The van der Waals surface area contributed by atoms with E-state index in [0.29, 0.717) is 12.0 Å². The van der Waals surface area contributed by atoms with Gasteiger partial charge in [0.15, 0.2) is 0 Å². The highest BCUT2D eigenvalue weighted by Crippen LogP contribution is 2.32. The molecule has 1 aromatic carbocycles. The molecular weight excluding hydrogens is 389 g/mol. The number of carbonyl (C=O) groups excluding carboxylic acids is 1. The molecule has 21 heavy (non-hydrogen) atoms. The van der Waals surface area contributed by atoms with Crippen molar-refractivity contribution in [2.45, 2.75) is 38.2 Å². The number of carboxylic acid groups (broad SMARTS) is 1. The van der Waals surface area contributed by atoms with Gasteiger partial charge in [0.05, 0.1) is 5.60 Å². The largest absolute Gasteiger partial charge is 0.479 e. The van der Waals surface area contributed by atoms with E-state index in [0.717, 1.165) is 3.57 Å². The third kappa shape index (κ3) is 4.39. The summed E-state index contributed by atoms with van der Waals surface area (Å²) in [6.07, 6.45) is -1.64. The number of aliphatic carboxylic acids is 1. The summed E-state index contributed by atoms with van der Waals surface area (Å²) in [7, 11) is 0. The second-order valence-electron chi connectivity index (χ2n) is 5.46. The molecule has 1 rings (SSSR count). The van der Waals surface area contributed by atoms with Gasteiger partial charge in [0.2, 0.25) is 18.2 Å². The Balaban J connectivity index is 3.45. The predicted molar refractivity (Wildman–Crippen MR) is 84.5 cm³/mol. The zero-order valence-electron chi connectivity index (χ0n) is 12.0. The summed E-state index contributed by atoms with van der Waals surface area (Å²) in [6.45, 7) is 5.11. The van der Waals surface area contributed by atoms with Crippen LogP contribution in [0.5, 0.6) is 0 Å². The Labute approximate surface area is 136 Å². The Kier molecular flexibility index (Phi) is 5.71. The lowest BCUT2D eigenvalue weighted by Crippen LogP contribution is -2.59. The van der Waals surface area contributed by atoms with Crippen LogP contribution < -0.4 is 5.32 Å². The van der Waals surface area contributed by atoms with Crippen molar-refractivity contribution in [2.75, 3.05) is 0 Å². The van der Waals surface area contributed by atoms with Crippen LogP contribution in [0.1, 0.15) is 26.3 Å². The molecule has 0 aromatic heterocycles. The number of amides is 1. The van der Waals surface area contributed by atoms with E-state index in [1.54, 1.807) is 45.0 Å². The second kappa shape index (κ2) is 6.71. The number of nitrogens with one attached hydrogen (secondary N) is 1. The quantitative estimate of drug-likeness (QED) is 0.377. The van der Waals surface area contributed by atoms with Crippen LogP contribution in [0.4, 0.5) is 0 Å². The van der Waals surface area contributed by atoms with Crippen LogP contribution in [0.25, 0.3) is 0 Å².